The van der Waals surface area contributed by atoms with Crippen molar-refractivity contribution in [3.05, 3.63) is 35.4 Å². The molecule has 0 N–H and O–H groups in total. The number of pyridine rings is 1. The van der Waals surface area contributed by atoms with Crippen molar-refractivity contribution in [1.82, 2.24) is 4.98 Å². The normalized spacial score (nSPS) is 12.5. The fraction of sp³-hybridized carbons (Fsp3) is 0.188. The number of nitriles is 2. The van der Waals surface area contributed by atoms with Crippen LogP contribution in [0.4, 0.5) is 13.2 Å². The van der Waals surface area contributed by atoms with E-state index in [9.17, 15) is 13.2 Å². The van der Waals surface area contributed by atoms with Crippen molar-refractivity contribution in [2.75, 3.05) is 12.5 Å². The molecule has 0 spiro atoms. The van der Waals surface area contributed by atoms with Crippen LogP contribution in [-0.4, -0.2) is 17.5 Å². The number of aromatic nitrogens is 1. The zero-order valence-electron chi connectivity index (χ0n) is 12.4. The molecule has 0 saturated carbocycles. The van der Waals surface area contributed by atoms with E-state index < -0.39 is 17.3 Å². The summed E-state index contributed by atoms with van der Waals surface area (Å²) in [5, 5.41) is 17.7. The summed E-state index contributed by atoms with van der Waals surface area (Å²) < 4.78 is 50.5. The third-order valence-electron chi connectivity index (χ3n) is 3.35. The van der Waals surface area contributed by atoms with E-state index in [2.05, 4.69) is 4.98 Å². The van der Waals surface area contributed by atoms with Crippen molar-refractivity contribution in [1.29, 1.82) is 10.5 Å². The number of nitrogens with zero attached hydrogens (tertiary/aromatic N) is 3. The Kier molecular flexibility index (Phi) is 4.43. The highest BCUT2D eigenvalue weighted by atomic mass is 32.2. The van der Waals surface area contributed by atoms with Gasteiger partial charge < -0.3 is 9.47 Å². The minimum Gasteiger partial charge on any atom is -0.454 e. The summed E-state index contributed by atoms with van der Waals surface area (Å²) in [6, 6.07) is 8.84. The molecule has 1 aromatic carbocycles. The molecule has 0 amide bonds. The minimum absolute atomic E-state index is 0.0325. The molecule has 0 bridgehead atoms. The van der Waals surface area contributed by atoms with Gasteiger partial charge in [-0.25, -0.2) is 4.98 Å². The second-order valence-electron chi connectivity index (χ2n) is 4.86. The molecule has 5 nitrogen and oxygen atoms in total. The van der Waals surface area contributed by atoms with Crippen LogP contribution in [0, 0.1) is 22.7 Å². The fourth-order valence-corrected chi connectivity index (χ4v) is 2.93. The first-order valence-corrected chi connectivity index (χ1v) is 7.84. The number of hydrogen-bond donors (Lipinski definition) is 0. The number of thioether (sulfide) groups is 1. The van der Waals surface area contributed by atoms with Crippen molar-refractivity contribution < 1.29 is 22.6 Å². The van der Waals surface area contributed by atoms with E-state index in [1.807, 2.05) is 6.07 Å². The lowest BCUT2D eigenvalue weighted by Gasteiger charge is -2.14. The van der Waals surface area contributed by atoms with E-state index >= 15 is 0 Å². The van der Waals surface area contributed by atoms with Crippen LogP contribution in [0.5, 0.6) is 11.5 Å². The second-order valence-corrected chi connectivity index (χ2v) is 5.82. The fourth-order valence-electron chi connectivity index (χ4n) is 2.26. The number of rotatable bonds is 3. The first-order valence-electron chi connectivity index (χ1n) is 6.86. The Labute approximate surface area is 144 Å². The van der Waals surface area contributed by atoms with Gasteiger partial charge in [0.05, 0.1) is 28.6 Å². The van der Waals surface area contributed by atoms with Gasteiger partial charge in [-0.2, -0.15) is 23.7 Å². The third kappa shape index (κ3) is 3.32. The molecular weight excluding hydrogens is 355 g/mol. The molecule has 126 valence electrons. The Morgan fingerprint density at radius 2 is 1.92 bits per heavy atom. The van der Waals surface area contributed by atoms with Gasteiger partial charge in [-0.3, -0.25) is 0 Å². The number of hydrogen-bond acceptors (Lipinski definition) is 6. The van der Waals surface area contributed by atoms with Gasteiger partial charge in [-0.05, 0) is 24.3 Å². The summed E-state index contributed by atoms with van der Waals surface area (Å²) in [4.78, 5) is 4.14. The average molecular weight is 363 g/mol. The molecule has 0 fully saturated rings. The summed E-state index contributed by atoms with van der Waals surface area (Å²) in [5.41, 5.74) is -1.25. The number of fused-ring (bicyclic) bond motifs is 1. The Morgan fingerprint density at radius 1 is 1.16 bits per heavy atom. The van der Waals surface area contributed by atoms with Gasteiger partial charge in [0.25, 0.3) is 0 Å². The van der Waals surface area contributed by atoms with Crippen molar-refractivity contribution in [2.45, 2.75) is 11.2 Å². The van der Waals surface area contributed by atoms with E-state index in [-0.39, 0.29) is 23.3 Å². The Bertz CT molecular complexity index is 917. The van der Waals surface area contributed by atoms with Crippen LogP contribution in [0.1, 0.15) is 11.1 Å². The van der Waals surface area contributed by atoms with Gasteiger partial charge in [0.2, 0.25) is 6.79 Å². The number of ether oxygens (including phenoxy) is 2. The molecule has 0 aliphatic carbocycles. The first kappa shape index (κ1) is 16.9. The summed E-state index contributed by atoms with van der Waals surface area (Å²) in [7, 11) is 0. The highest BCUT2D eigenvalue weighted by Crippen LogP contribution is 2.40. The zero-order chi connectivity index (χ0) is 18.0. The SMILES string of the molecule is N#CCSc1nc(-c2ccc3c(c2)OCO3)cc(C(F)(F)F)c1C#N. The Hall–Kier alpha value is -2.91. The van der Waals surface area contributed by atoms with Crippen LogP contribution in [0.25, 0.3) is 11.3 Å². The lowest BCUT2D eigenvalue weighted by Crippen LogP contribution is -2.10. The maximum absolute atomic E-state index is 13.4. The largest absolute Gasteiger partial charge is 0.454 e. The summed E-state index contributed by atoms with van der Waals surface area (Å²) in [5.74, 6) is 0.778. The second kappa shape index (κ2) is 6.54. The quantitative estimate of drug-likeness (QED) is 0.768. The van der Waals surface area contributed by atoms with E-state index in [4.69, 9.17) is 20.0 Å². The average Bonchev–Trinajstić information content (AvgIpc) is 3.05. The predicted molar refractivity (Wildman–Crippen MR) is 81.9 cm³/mol. The van der Waals surface area contributed by atoms with Crippen LogP contribution in [0.3, 0.4) is 0 Å². The van der Waals surface area contributed by atoms with Gasteiger partial charge in [-0.1, -0.05) is 11.8 Å². The topological polar surface area (TPSA) is 78.9 Å². The predicted octanol–water partition coefficient (Wildman–Crippen LogP) is 3.98. The lowest BCUT2D eigenvalue weighted by molar-refractivity contribution is -0.138. The molecule has 25 heavy (non-hydrogen) atoms. The van der Waals surface area contributed by atoms with E-state index in [1.165, 1.54) is 6.07 Å². The first-order chi connectivity index (χ1) is 11.9. The molecule has 1 aromatic heterocycles. The van der Waals surface area contributed by atoms with Gasteiger partial charge in [0, 0.05) is 5.56 Å². The molecular formula is C16H8F3N3O2S. The molecule has 0 radical (unpaired) electrons. The standard InChI is InChI=1S/C16H8F3N3O2S/c17-16(18,19)11-6-12(22-15(10(11)7-21)25-4-3-20)9-1-2-13-14(5-9)24-8-23-13/h1-2,5-6H,4,8H2. The monoisotopic (exact) mass is 363 g/mol. The van der Waals surface area contributed by atoms with Crippen molar-refractivity contribution in [3.8, 4) is 34.9 Å². The van der Waals surface area contributed by atoms with Crippen molar-refractivity contribution in [2.24, 2.45) is 0 Å². The molecule has 2 aromatic rings. The van der Waals surface area contributed by atoms with Gasteiger partial charge in [0.1, 0.15) is 11.1 Å². The molecule has 2 heterocycles. The van der Waals surface area contributed by atoms with Gasteiger partial charge in [0.15, 0.2) is 11.5 Å². The molecule has 1 aliphatic heterocycles. The van der Waals surface area contributed by atoms with Crippen LogP contribution < -0.4 is 9.47 Å². The summed E-state index contributed by atoms with van der Waals surface area (Å²) >= 11 is 0.786. The van der Waals surface area contributed by atoms with E-state index in [0.717, 1.165) is 17.8 Å². The van der Waals surface area contributed by atoms with Crippen LogP contribution in [-0.2, 0) is 6.18 Å². The van der Waals surface area contributed by atoms with E-state index in [1.54, 1.807) is 18.2 Å². The van der Waals surface area contributed by atoms with Gasteiger partial charge in [-0.15, -0.1) is 0 Å². The lowest BCUT2D eigenvalue weighted by atomic mass is 10.0. The highest BCUT2D eigenvalue weighted by Gasteiger charge is 2.36. The highest BCUT2D eigenvalue weighted by molar-refractivity contribution is 7.99. The minimum atomic E-state index is -4.72. The summed E-state index contributed by atoms with van der Waals surface area (Å²) in [6.45, 7) is 0.0384. The van der Waals surface area contributed by atoms with Crippen molar-refractivity contribution >= 4 is 11.8 Å². The van der Waals surface area contributed by atoms with Crippen molar-refractivity contribution in [3.63, 3.8) is 0 Å². The van der Waals surface area contributed by atoms with E-state index in [0.29, 0.717) is 17.1 Å². The smallest absolute Gasteiger partial charge is 0.417 e. The van der Waals surface area contributed by atoms with Gasteiger partial charge >= 0.3 is 6.18 Å². The Balaban J connectivity index is 2.17. The number of alkyl halides is 3. The molecule has 9 heteroatoms. The third-order valence-corrected chi connectivity index (χ3v) is 4.19. The Morgan fingerprint density at radius 3 is 2.60 bits per heavy atom. The summed E-state index contributed by atoms with van der Waals surface area (Å²) in [6.07, 6.45) is -4.72. The molecule has 0 atom stereocenters. The molecule has 0 unspecified atom stereocenters. The molecule has 3 rings (SSSR count). The maximum atomic E-state index is 13.4. The molecule has 1 aliphatic rings. The van der Waals surface area contributed by atoms with Crippen LogP contribution >= 0.6 is 11.8 Å². The zero-order valence-corrected chi connectivity index (χ0v) is 13.2. The number of halogens is 3. The maximum Gasteiger partial charge on any atom is 0.417 e. The molecule has 0 saturated heterocycles. The number of benzene rings is 1. The van der Waals surface area contributed by atoms with Crippen LogP contribution in [0.2, 0.25) is 0 Å². The van der Waals surface area contributed by atoms with Crippen LogP contribution in [0.15, 0.2) is 29.3 Å².